The summed E-state index contributed by atoms with van der Waals surface area (Å²) < 4.78 is 41.4. The quantitative estimate of drug-likeness (QED) is 0.662. The molecule has 28 heavy (non-hydrogen) atoms. The maximum atomic E-state index is 13.5. The number of halogens is 4. The summed E-state index contributed by atoms with van der Waals surface area (Å²) in [6, 6.07) is 8.36. The van der Waals surface area contributed by atoms with Gasteiger partial charge < -0.3 is 0 Å². The molecule has 1 saturated carbocycles. The van der Waals surface area contributed by atoms with E-state index in [9.17, 15) is 23.2 Å². The van der Waals surface area contributed by atoms with Crippen LogP contribution in [-0.2, 0) is 6.18 Å². The van der Waals surface area contributed by atoms with Gasteiger partial charge in [-0.3, -0.25) is 4.79 Å². The van der Waals surface area contributed by atoms with Crippen LogP contribution in [0.5, 0.6) is 0 Å². The molecule has 1 heterocycles. The van der Waals surface area contributed by atoms with E-state index in [0.717, 1.165) is 35.7 Å². The lowest BCUT2D eigenvalue weighted by Gasteiger charge is -2.21. The molecular formula is C20H17ClF3N3O. The number of pyridine rings is 1. The van der Waals surface area contributed by atoms with E-state index in [-0.39, 0.29) is 11.6 Å². The van der Waals surface area contributed by atoms with Gasteiger partial charge in [0.2, 0.25) is 0 Å². The van der Waals surface area contributed by atoms with Gasteiger partial charge in [-0.05, 0) is 43.4 Å². The Labute approximate surface area is 164 Å². The average Bonchev–Trinajstić information content (AvgIpc) is 2.63. The molecule has 0 aliphatic heterocycles. The van der Waals surface area contributed by atoms with E-state index in [1.807, 2.05) is 6.92 Å². The highest BCUT2D eigenvalue weighted by molar-refractivity contribution is 6.30. The lowest BCUT2D eigenvalue weighted by Crippen LogP contribution is -2.28. The number of hydrogen-bond donors (Lipinski definition) is 0. The molecule has 1 aromatic carbocycles. The third kappa shape index (κ3) is 3.97. The zero-order valence-electron chi connectivity index (χ0n) is 15.1. The first kappa shape index (κ1) is 20.2. The Hall–Kier alpha value is -2.59. The van der Waals surface area contributed by atoms with Crippen LogP contribution in [0.1, 0.15) is 43.7 Å². The molecule has 1 fully saturated rings. The van der Waals surface area contributed by atoms with Gasteiger partial charge in [0, 0.05) is 16.3 Å². The summed E-state index contributed by atoms with van der Waals surface area (Å²) in [4.78, 5) is 12.8. The summed E-state index contributed by atoms with van der Waals surface area (Å²) in [7, 11) is 0. The number of benzene rings is 1. The van der Waals surface area contributed by atoms with Gasteiger partial charge in [0.1, 0.15) is 11.6 Å². The van der Waals surface area contributed by atoms with Crippen LogP contribution in [0, 0.1) is 17.2 Å². The van der Waals surface area contributed by atoms with Crippen molar-refractivity contribution in [2.75, 3.05) is 0 Å². The summed E-state index contributed by atoms with van der Waals surface area (Å²) in [5.74, 6) is 0.112. The van der Waals surface area contributed by atoms with Gasteiger partial charge in [-0.1, -0.05) is 37.1 Å². The van der Waals surface area contributed by atoms with Crippen LogP contribution in [0.4, 0.5) is 13.2 Å². The molecule has 1 aliphatic rings. The Kier molecular flexibility index (Phi) is 5.61. The Bertz CT molecular complexity index is 1030. The molecule has 0 radical (unpaired) electrons. The summed E-state index contributed by atoms with van der Waals surface area (Å²) in [6.07, 6.45) is -1.36. The van der Waals surface area contributed by atoms with Crippen molar-refractivity contribution in [2.24, 2.45) is 11.0 Å². The molecule has 8 heteroatoms. The lowest BCUT2D eigenvalue weighted by atomic mass is 9.89. The van der Waals surface area contributed by atoms with Crippen LogP contribution in [0.3, 0.4) is 0 Å². The molecule has 3 rings (SSSR count). The molecule has 1 atom stereocenters. The van der Waals surface area contributed by atoms with Gasteiger partial charge in [0.05, 0.1) is 11.3 Å². The molecule has 4 nitrogen and oxygen atoms in total. The molecule has 0 N–H and O–H groups in total. The van der Waals surface area contributed by atoms with Crippen molar-refractivity contribution in [3.05, 3.63) is 56.8 Å². The van der Waals surface area contributed by atoms with Gasteiger partial charge in [0.15, 0.2) is 0 Å². The SMILES string of the molecule is CC1CCCC/C1=N/n1c(-c2cccc(Cl)c2)cc(C(F)(F)F)c(C#N)c1=O. The smallest absolute Gasteiger partial charge is 0.266 e. The van der Waals surface area contributed by atoms with Crippen molar-refractivity contribution in [1.82, 2.24) is 4.68 Å². The standard InChI is InChI=1S/C20H17ClF3N3O/c1-12-5-2-3-8-17(12)26-27-18(13-6-4-7-14(21)9-13)10-16(20(22,23)24)15(11-25)19(27)28/h4,6-7,9-10,12H,2-3,5,8H2,1H3/b26-17-. The Morgan fingerprint density at radius 2 is 2.04 bits per heavy atom. The average molecular weight is 408 g/mol. The first-order valence-corrected chi connectivity index (χ1v) is 9.21. The monoisotopic (exact) mass is 407 g/mol. The molecule has 1 aliphatic carbocycles. The molecule has 0 saturated heterocycles. The van der Waals surface area contributed by atoms with E-state index in [4.69, 9.17) is 11.6 Å². The van der Waals surface area contributed by atoms with Crippen molar-refractivity contribution < 1.29 is 13.2 Å². The Morgan fingerprint density at radius 3 is 2.64 bits per heavy atom. The Balaban J connectivity index is 2.35. The van der Waals surface area contributed by atoms with Gasteiger partial charge in [-0.2, -0.15) is 28.2 Å². The van der Waals surface area contributed by atoms with Gasteiger partial charge in [-0.15, -0.1) is 0 Å². The number of hydrogen-bond acceptors (Lipinski definition) is 3. The van der Waals surface area contributed by atoms with E-state index in [1.54, 1.807) is 18.2 Å². The minimum absolute atomic E-state index is 0.0518. The fraction of sp³-hybridized carbons (Fsp3) is 0.350. The van der Waals surface area contributed by atoms with Crippen molar-refractivity contribution in [2.45, 2.75) is 38.8 Å². The van der Waals surface area contributed by atoms with E-state index in [1.165, 1.54) is 12.1 Å². The second-order valence-corrected chi connectivity index (χ2v) is 7.23. The van der Waals surface area contributed by atoms with Gasteiger partial charge in [-0.25, -0.2) is 0 Å². The maximum absolute atomic E-state index is 13.5. The first-order valence-electron chi connectivity index (χ1n) is 8.83. The first-order chi connectivity index (χ1) is 13.2. The second kappa shape index (κ2) is 7.80. The van der Waals surface area contributed by atoms with E-state index < -0.39 is 22.9 Å². The van der Waals surface area contributed by atoms with Gasteiger partial charge in [0.25, 0.3) is 5.56 Å². The van der Waals surface area contributed by atoms with Crippen molar-refractivity contribution in [1.29, 1.82) is 5.26 Å². The zero-order valence-corrected chi connectivity index (χ0v) is 15.8. The minimum atomic E-state index is -4.85. The van der Waals surface area contributed by atoms with Crippen LogP contribution >= 0.6 is 11.6 Å². The highest BCUT2D eigenvalue weighted by Crippen LogP contribution is 2.34. The molecule has 1 unspecified atom stereocenters. The number of alkyl halides is 3. The fourth-order valence-corrected chi connectivity index (χ4v) is 3.52. The molecule has 146 valence electrons. The fourth-order valence-electron chi connectivity index (χ4n) is 3.33. The van der Waals surface area contributed by atoms with E-state index >= 15 is 0 Å². The van der Waals surface area contributed by atoms with E-state index in [0.29, 0.717) is 17.0 Å². The van der Waals surface area contributed by atoms with Crippen LogP contribution in [-0.4, -0.2) is 10.4 Å². The summed E-state index contributed by atoms with van der Waals surface area (Å²) in [5.41, 5.74) is -2.33. The van der Waals surface area contributed by atoms with Gasteiger partial charge >= 0.3 is 6.18 Å². The second-order valence-electron chi connectivity index (χ2n) is 6.79. The lowest BCUT2D eigenvalue weighted by molar-refractivity contribution is -0.137. The predicted molar refractivity (Wildman–Crippen MR) is 101 cm³/mol. The summed E-state index contributed by atoms with van der Waals surface area (Å²) in [5, 5.41) is 13.9. The minimum Gasteiger partial charge on any atom is -0.266 e. The van der Waals surface area contributed by atoms with Crippen molar-refractivity contribution in [3.63, 3.8) is 0 Å². The Morgan fingerprint density at radius 1 is 1.29 bits per heavy atom. The third-order valence-corrected chi connectivity index (χ3v) is 5.07. The molecular weight excluding hydrogens is 391 g/mol. The van der Waals surface area contributed by atoms with E-state index in [2.05, 4.69) is 5.10 Å². The van der Waals surface area contributed by atoms with Crippen LogP contribution in [0.2, 0.25) is 5.02 Å². The number of aromatic nitrogens is 1. The highest BCUT2D eigenvalue weighted by atomic mass is 35.5. The predicted octanol–water partition coefficient (Wildman–Crippen LogP) is 5.47. The third-order valence-electron chi connectivity index (χ3n) is 4.84. The number of nitrogens with zero attached hydrogens (tertiary/aromatic N) is 3. The highest BCUT2D eigenvalue weighted by Gasteiger charge is 2.36. The summed E-state index contributed by atoms with van der Waals surface area (Å²) in [6.45, 7) is 1.97. The number of nitriles is 1. The molecule has 0 amide bonds. The molecule has 0 spiro atoms. The normalized spacial score (nSPS) is 18.9. The maximum Gasteiger partial charge on any atom is 0.417 e. The van der Waals surface area contributed by atoms with Crippen LogP contribution < -0.4 is 5.56 Å². The zero-order chi connectivity index (χ0) is 20.5. The van der Waals surface area contributed by atoms with Crippen molar-refractivity contribution >= 4 is 17.3 Å². The molecule has 1 aromatic heterocycles. The summed E-state index contributed by atoms with van der Waals surface area (Å²) >= 11 is 5.99. The molecule has 2 aromatic rings. The topological polar surface area (TPSA) is 58.1 Å². The largest absolute Gasteiger partial charge is 0.417 e. The van der Waals surface area contributed by atoms with Crippen molar-refractivity contribution in [3.8, 4) is 17.3 Å². The van der Waals surface area contributed by atoms with Crippen LogP contribution in [0.25, 0.3) is 11.3 Å². The van der Waals surface area contributed by atoms with Crippen LogP contribution in [0.15, 0.2) is 40.2 Å². The molecule has 0 bridgehead atoms. The number of rotatable bonds is 2.